The van der Waals surface area contributed by atoms with Crippen LogP contribution in [0.4, 0.5) is 8.78 Å². The number of oxazole rings is 1. The number of benzene rings is 1. The standard InChI is InChI=1S/C23H24F2N4O5/c1-4-26-20(30)16-7-5-6-15(28-16)11-27-21(31)17-12-32-22(29-17)14-8-9-18(34-23(24)25)19(10-14)33-13(2)3/h5-10,12-13,23H,4,11H2,1-3H3,(H,26,30)(H,27,31). The van der Waals surface area contributed by atoms with E-state index in [2.05, 4.69) is 25.3 Å². The van der Waals surface area contributed by atoms with E-state index >= 15 is 0 Å². The Bertz CT molecular complexity index is 1150. The lowest BCUT2D eigenvalue weighted by Crippen LogP contribution is -2.26. The van der Waals surface area contributed by atoms with Gasteiger partial charge in [0.2, 0.25) is 5.89 Å². The summed E-state index contributed by atoms with van der Waals surface area (Å²) in [5.74, 6) is -0.757. The summed E-state index contributed by atoms with van der Waals surface area (Å²) in [6.07, 6.45) is 0.886. The van der Waals surface area contributed by atoms with Crippen LogP contribution in [0.15, 0.2) is 47.1 Å². The van der Waals surface area contributed by atoms with Gasteiger partial charge >= 0.3 is 6.61 Å². The van der Waals surface area contributed by atoms with E-state index in [0.29, 0.717) is 17.8 Å². The molecule has 3 rings (SSSR count). The van der Waals surface area contributed by atoms with Crippen molar-refractivity contribution in [3.8, 4) is 23.0 Å². The summed E-state index contributed by atoms with van der Waals surface area (Å²) in [4.78, 5) is 32.8. The minimum absolute atomic E-state index is 0.00844. The topological polar surface area (TPSA) is 116 Å². The number of carbonyl (C=O) groups excluding carboxylic acids is 2. The molecule has 0 atom stereocenters. The van der Waals surface area contributed by atoms with Crippen LogP contribution in [0.5, 0.6) is 11.5 Å². The summed E-state index contributed by atoms with van der Waals surface area (Å²) in [5, 5.41) is 5.32. The molecule has 0 aliphatic rings. The maximum atomic E-state index is 12.7. The molecule has 2 heterocycles. The second kappa shape index (κ2) is 11.2. The molecule has 0 unspecified atom stereocenters. The fraction of sp³-hybridized carbons (Fsp3) is 0.304. The Morgan fingerprint density at radius 2 is 1.76 bits per heavy atom. The lowest BCUT2D eigenvalue weighted by Gasteiger charge is -2.15. The summed E-state index contributed by atoms with van der Waals surface area (Å²) in [5.41, 5.74) is 1.16. The van der Waals surface area contributed by atoms with E-state index in [9.17, 15) is 18.4 Å². The molecule has 0 radical (unpaired) electrons. The van der Waals surface area contributed by atoms with Crippen molar-refractivity contribution in [3.05, 3.63) is 59.7 Å². The maximum Gasteiger partial charge on any atom is 0.387 e. The highest BCUT2D eigenvalue weighted by atomic mass is 19.3. The predicted octanol–water partition coefficient (Wildman–Crippen LogP) is 3.80. The van der Waals surface area contributed by atoms with Gasteiger partial charge in [-0.2, -0.15) is 8.78 Å². The smallest absolute Gasteiger partial charge is 0.387 e. The number of rotatable bonds is 10. The lowest BCUT2D eigenvalue weighted by atomic mass is 10.2. The van der Waals surface area contributed by atoms with Crippen molar-refractivity contribution >= 4 is 11.8 Å². The van der Waals surface area contributed by atoms with Crippen LogP contribution in [0.1, 0.15) is 47.4 Å². The molecule has 0 fully saturated rings. The number of amides is 2. The third-order valence-electron chi connectivity index (χ3n) is 4.31. The molecule has 0 saturated carbocycles. The van der Waals surface area contributed by atoms with E-state index < -0.39 is 12.5 Å². The molecule has 0 spiro atoms. The van der Waals surface area contributed by atoms with E-state index in [1.165, 1.54) is 24.5 Å². The van der Waals surface area contributed by atoms with Gasteiger partial charge in [-0.25, -0.2) is 9.97 Å². The molecule has 0 aliphatic heterocycles. The molecule has 1 aromatic carbocycles. The number of alkyl halides is 2. The minimum Gasteiger partial charge on any atom is -0.487 e. The van der Waals surface area contributed by atoms with Gasteiger partial charge in [0.05, 0.1) is 18.3 Å². The zero-order chi connectivity index (χ0) is 24.7. The molecule has 2 aromatic heterocycles. The van der Waals surface area contributed by atoms with Crippen molar-refractivity contribution in [1.29, 1.82) is 0 Å². The van der Waals surface area contributed by atoms with Crippen LogP contribution in [0, 0.1) is 0 Å². The highest BCUT2D eigenvalue weighted by Gasteiger charge is 2.18. The first kappa shape index (κ1) is 24.6. The highest BCUT2D eigenvalue weighted by molar-refractivity contribution is 5.93. The lowest BCUT2D eigenvalue weighted by molar-refractivity contribution is -0.0518. The molecular formula is C23H24F2N4O5. The van der Waals surface area contributed by atoms with Crippen molar-refractivity contribution in [2.45, 2.75) is 40.0 Å². The Morgan fingerprint density at radius 1 is 1.00 bits per heavy atom. The molecule has 2 amide bonds. The van der Waals surface area contributed by atoms with Crippen molar-refractivity contribution in [3.63, 3.8) is 0 Å². The zero-order valence-electron chi connectivity index (χ0n) is 18.8. The van der Waals surface area contributed by atoms with Gasteiger partial charge in [0.25, 0.3) is 11.8 Å². The third-order valence-corrected chi connectivity index (χ3v) is 4.31. The Labute approximate surface area is 194 Å². The molecule has 2 N–H and O–H groups in total. The van der Waals surface area contributed by atoms with Crippen LogP contribution < -0.4 is 20.1 Å². The van der Waals surface area contributed by atoms with Crippen LogP contribution in [-0.2, 0) is 6.54 Å². The van der Waals surface area contributed by atoms with Crippen molar-refractivity contribution in [2.75, 3.05) is 6.54 Å². The average Bonchev–Trinajstić information content (AvgIpc) is 3.29. The number of halogens is 2. The number of aromatic nitrogens is 2. The SMILES string of the molecule is CCNC(=O)c1cccc(CNC(=O)c2coc(-c3ccc(OC(F)F)c(OC(C)C)c3)n2)n1. The van der Waals surface area contributed by atoms with E-state index in [-0.39, 0.29) is 47.3 Å². The van der Waals surface area contributed by atoms with Gasteiger partial charge in [-0.3, -0.25) is 9.59 Å². The molecule has 0 aliphatic carbocycles. The minimum atomic E-state index is -3.01. The molecular weight excluding hydrogens is 450 g/mol. The maximum absolute atomic E-state index is 12.7. The monoisotopic (exact) mass is 474 g/mol. The summed E-state index contributed by atoms with van der Waals surface area (Å²) in [7, 11) is 0. The van der Waals surface area contributed by atoms with E-state index in [4.69, 9.17) is 9.15 Å². The summed E-state index contributed by atoms with van der Waals surface area (Å²) in [6, 6.07) is 9.16. The molecule has 0 saturated heterocycles. The van der Waals surface area contributed by atoms with Gasteiger partial charge < -0.3 is 24.5 Å². The first-order valence-electron chi connectivity index (χ1n) is 10.5. The van der Waals surface area contributed by atoms with Crippen molar-refractivity contribution in [1.82, 2.24) is 20.6 Å². The quantitative estimate of drug-likeness (QED) is 0.459. The molecule has 9 nitrogen and oxygen atoms in total. The van der Waals surface area contributed by atoms with Crippen LogP contribution in [0.25, 0.3) is 11.5 Å². The van der Waals surface area contributed by atoms with Crippen LogP contribution in [0.3, 0.4) is 0 Å². The van der Waals surface area contributed by atoms with E-state index in [0.717, 1.165) is 0 Å². The normalized spacial score (nSPS) is 10.9. The summed E-state index contributed by atoms with van der Waals surface area (Å²) >= 11 is 0. The highest BCUT2D eigenvalue weighted by Crippen LogP contribution is 2.34. The fourth-order valence-electron chi connectivity index (χ4n) is 2.91. The largest absolute Gasteiger partial charge is 0.487 e. The van der Waals surface area contributed by atoms with Gasteiger partial charge in [0.1, 0.15) is 12.0 Å². The Balaban J connectivity index is 1.71. The van der Waals surface area contributed by atoms with Gasteiger partial charge in [-0.15, -0.1) is 0 Å². The Hall–Kier alpha value is -4.02. The molecule has 180 valence electrons. The average molecular weight is 474 g/mol. The molecule has 3 aromatic rings. The second-order valence-electron chi connectivity index (χ2n) is 7.30. The van der Waals surface area contributed by atoms with Crippen LogP contribution >= 0.6 is 0 Å². The molecule has 11 heteroatoms. The first-order valence-corrected chi connectivity index (χ1v) is 10.5. The second-order valence-corrected chi connectivity index (χ2v) is 7.30. The zero-order valence-corrected chi connectivity index (χ0v) is 18.8. The fourth-order valence-corrected chi connectivity index (χ4v) is 2.91. The van der Waals surface area contributed by atoms with Gasteiger partial charge in [0.15, 0.2) is 17.2 Å². The van der Waals surface area contributed by atoms with Crippen LogP contribution in [-0.4, -0.2) is 41.0 Å². The van der Waals surface area contributed by atoms with E-state index in [1.807, 2.05) is 0 Å². The number of carbonyl (C=O) groups is 2. The number of nitrogens with zero attached hydrogens (tertiary/aromatic N) is 2. The summed E-state index contributed by atoms with van der Waals surface area (Å²) < 4.78 is 40.8. The number of hydrogen-bond acceptors (Lipinski definition) is 7. The van der Waals surface area contributed by atoms with Crippen LogP contribution in [0.2, 0.25) is 0 Å². The Morgan fingerprint density at radius 3 is 2.47 bits per heavy atom. The molecule has 0 bridgehead atoms. The molecule has 34 heavy (non-hydrogen) atoms. The predicted molar refractivity (Wildman–Crippen MR) is 118 cm³/mol. The van der Waals surface area contributed by atoms with Crippen molar-refractivity contribution < 1.29 is 32.3 Å². The van der Waals surface area contributed by atoms with Crippen molar-refractivity contribution in [2.24, 2.45) is 0 Å². The Kier molecular flexibility index (Phi) is 8.12. The number of pyridine rings is 1. The number of nitrogens with one attached hydrogen (secondary N) is 2. The first-order chi connectivity index (χ1) is 16.3. The number of ether oxygens (including phenoxy) is 2. The van der Waals surface area contributed by atoms with Gasteiger partial charge in [-0.1, -0.05) is 6.07 Å². The third kappa shape index (κ3) is 6.50. The summed E-state index contributed by atoms with van der Waals surface area (Å²) in [6.45, 7) is 2.83. The van der Waals surface area contributed by atoms with Gasteiger partial charge in [0, 0.05) is 12.1 Å². The van der Waals surface area contributed by atoms with Gasteiger partial charge in [-0.05, 0) is 51.1 Å². The number of hydrogen-bond donors (Lipinski definition) is 2. The van der Waals surface area contributed by atoms with E-state index in [1.54, 1.807) is 39.0 Å².